The Bertz CT molecular complexity index is 342. The Kier molecular flexibility index (Phi) is 2.89. The van der Waals surface area contributed by atoms with E-state index in [1.54, 1.807) is 0 Å². The molecule has 1 amide bonds. The van der Waals surface area contributed by atoms with E-state index in [9.17, 15) is 9.18 Å². The van der Waals surface area contributed by atoms with Gasteiger partial charge in [0.05, 0.1) is 10.6 Å². The number of rotatable bonds is 1. The van der Waals surface area contributed by atoms with Crippen LogP contribution in [0.1, 0.15) is 10.4 Å². The second kappa shape index (κ2) is 3.57. The van der Waals surface area contributed by atoms with Crippen molar-refractivity contribution in [2.45, 2.75) is 0 Å². The molecule has 0 saturated carbocycles. The van der Waals surface area contributed by atoms with Crippen molar-refractivity contribution in [2.75, 3.05) is 0 Å². The third kappa shape index (κ3) is 1.87. The molecule has 0 radical (unpaired) electrons. The zero-order chi connectivity index (χ0) is 9.30. The Morgan fingerprint density at radius 1 is 1.58 bits per heavy atom. The van der Waals surface area contributed by atoms with E-state index in [-0.39, 0.29) is 10.6 Å². The first-order chi connectivity index (χ1) is 5.52. The van der Waals surface area contributed by atoms with Gasteiger partial charge in [0.25, 0.3) is 0 Å². The number of primary amides is 1. The van der Waals surface area contributed by atoms with Crippen LogP contribution < -0.4 is 5.73 Å². The van der Waals surface area contributed by atoms with E-state index in [2.05, 4.69) is 0 Å². The van der Waals surface area contributed by atoms with Gasteiger partial charge in [0.15, 0.2) is 0 Å². The maximum Gasteiger partial charge on any atom is 0.250 e. The molecule has 0 aliphatic carbocycles. The first kappa shape index (κ1) is 9.73. The third-order valence-electron chi connectivity index (χ3n) is 1.26. The maximum absolute atomic E-state index is 12.9. The van der Waals surface area contributed by atoms with Crippen LogP contribution in [0.2, 0.25) is 5.02 Å². The maximum atomic E-state index is 12.9. The van der Waals surface area contributed by atoms with Gasteiger partial charge < -0.3 is 5.73 Å². The molecule has 0 aliphatic rings. The number of carbonyl (C=O) groups excluding carboxylic acids is 1. The lowest BCUT2D eigenvalue weighted by Gasteiger charge is -2.01. The Morgan fingerprint density at radius 2 is 2.17 bits per heavy atom. The van der Waals surface area contributed by atoms with E-state index in [1.165, 1.54) is 12.1 Å². The zero-order valence-corrected chi connectivity index (χ0v) is 8.69. The molecule has 0 bridgehead atoms. The fourth-order valence-corrected chi connectivity index (χ4v) is 1.52. The van der Waals surface area contributed by atoms with E-state index in [1.807, 2.05) is 22.6 Å². The SMILES string of the molecule is NC(=O)c1cc(I)cc(F)c1Cl. The Morgan fingerprint density at radius 3 is 2.67 bits per heavy atom. The van der Waals surface area contributed by atoms with Crippen molar-refractivity contribution < 1.29 is 9.18 Å². The molecule has 1 aromatic carbocycles. The van der Waals surface area contributed by atoms with Gasteiger partial charge in [0, 0.05) is 3.57 Å². The third-order valence-corrected chi connectivity index (χ3v) is 2.27. The minimum Gasteiger partial charge on any atom is -0.366 e. The summed E-state index contributed by atoms with van der Waals surface area (Å²) in [6.45, 7) is 0. The highest BCUT2D eigenvalue weighted by Crippen LogP contribution is 2.22. The smallest absolute Gasteiger partial charge is 0.250 e. The largest absolute Gasteiger partial charge is 0.366 e. The summed E-state index contributed by atoms with van der Waals surface area (Å²) in [6, 6.07) is 2.67. The second-order valence-electron chi connectivity index (χ2n) is 2.11. The molecule has 0 saturated heterocycles. The van der Waals surface area contributed by atoms with Gasteiger partial charge in [-0.3, -0.25) is 4.79 Å². The number of nitrogens with two attached hydrogens (primary N) is 1. The van der Waals surface area contributed by atoms with E-state index in [0.717, 1.165) is 0 Å². The molecular weight excluding hydrogens is 295 g/mol. The van der Waals surface area contributed by atoms with Gasteiger partial charge in [-0.1, -0.05) is 11.6 Å². The molecule has 0 heterocycles. The number of benzene rings is 1. The van der Waals surface area contributed by atoms with E-state index in [0.29, 0.717) is 3.57 Å². The number of amides is 1. The summed E-state index contributed by atoms with van der Waals surface area (Å²) in [5, 5.41) is -0.220. The van der Waals surface area contributed by atoms with Crippen LogP contribution in [0, 0.1) is 9.39 Å². The van der Waals surface area contributed by atoms with Crippen LogP contribution in [-0.4, -0.2) is 5.91 Å². The van der Waals surface area contributed by atoms with E-state index < -0.39 is 11.7 Å². The molecular formula is C7H4ClFINO. The van der Waals surface area contributed by atoms with Crippen LogP contribution in [-0.2, 0) is 0 Å². The predicted octanol–water partition coefficient (Wildman–Crippen LogP) is 2.18. The van der Waals surface area contributed by atoms with Gasteiger partial charge in [-0.25, -0.2) is 4.39 Å². The average Bonchev–Trinajstić information content (AvgIpc) is 1.96. The lowest BCUT2D eigenvalue weighted by molar-refractivity contribution is 0.1000. The normalized spacial score (nSPS) is 9.92. The quantitative estimate of drug-likeness (QED) is 0.627. The van der Waals surface area contributed by atoms with Crippen LogP contribution in [0.3, 0.4) is 0 Å². The summed E-state index contributed by atoms with van der Waals surface area (Å²) in [5.41, 5.74) is 4.97. The van der Waals surface area contributed by atoms with Gasteiger partial charge in [-0.2, -0.15) is 0 Å². The predicted molar refractivity (Wildman–Crippen MR) is 52.6 cm³/mol. The molecule has 0 atom stereocenters. The molecule has 0 aromatic heterocycles. The lowest BCUT2D eigenvalue weighted by Crippen LogP contribution is -2.12. The van der Waals surface area contributed by atoms with Crippen molar-refractivity contribution in [3.63, 3.8) is 0 Å². The summed E-state index contributed by atoms with van der Waals surface area (Å²) < 4.78 is 13.4. The number of carbonyl (C=O) groups is 1. The van der Waals surface area contributed by atoms with Crippen molar-refractivity contribution in [1.29, 1.82) is 0 Å². The first-order valence-electron chi connectivity index (χ1n) is 2.96. The van der Waals surface area contributed by atoms with Gasteiger partial charge in [0.2, 0.25) is 5.91 Å². The summed E-state index contributed by atoms with van der Waals surface area (Å²) in [7, 11) is 0. The fraction of sp³-hybridized carbons (Fsp3) is 0. The summed E-state index contributed by atoms with van der Waals surface area (Å²) in [6.07, 6.45) is 0. The Balaban J connectivity index is 3.37. The molecule has 0 spiro atoms. The Hall–Kier alpha value is -0.360. The van der Waals surface area contributed by atoms with E-state index in [4.69, 9.17) is 17.3 Å². The molecule has 5 heteroatoms. The van der Waals surface area contributed by atoms with Crippen molar-refractivity contribution in [3.8, 4) is 0 Å². The summed E-state index contributed by atoms with van der Waals surface area (Å²) in [5.74, 6) is -1.35. The molecule has 12 heavy (non-hydrogen) atoms. The minimum absolute atomic E-state index is 0.0149. The van der Waals surface area contributed by atoms with Crippen LogP contribution in [0.25, 0.3) is 0 Å². The topological polar surface area (TPSA) is 43.1 Å². The van der Waals surface area contributed by atoms with Crippen molar-refractivity contribution in [3.05, 3.63) is 32.1 Å². The standard InChI is InChI=1S/C7H4ClFINO/c8-6-4(7(11)12)1-3(10)2-5(6)9/h1-2H,(H2,11,12). The average molecular weight is 299 g/mol. The van der Waals surface area contributed by atoms with Crippen LogP contribution >= 0.6 is 34.2 Å². The van der Waals surface area contributed by atoms with Crippen LogP contribution in [0.5, 0.6) is 0 Å². The highest BCUT2D eigenvalue weighted by atomic mass is 127. The van der Waals surface area contributed by atoms with Crippen LogP contribution in [0.15, 0.2) is 12.1 Å². The first-order valence-corrected chi connectivity index (χ1v) is 4.42. The number of hydrogen-bond acceptors (Lipinski definition) is 1. The molecule has 0 unspecified atom stereocenters. The zero-order valence-electron chi connectivity index (χ0n) is 5.77. The van der Waals surface area contributed by atoms with Crippen molar-refractivity contribution in [1.82, 2.24) is 0 Å². The lowest BCUT2D eigenvalue weighted by atomic mass is 10.2. The highest BCUT2D eigenvalue weighted by Gasteiger charge is 2.11. The molecule has 64 valence electrons. The number of hydrogen-bond donors (Lipinski definition) is 1. The molecule has 1 rings (SSSR count). The van der Waals surface area contributed by atoms with Crippen molar-refractivity contribution in [2.24, 2.45) is 5.73 Å². The highest BCUT2D eigenvalue weighted by molar-refractivity contribution is 14.1. The second-order valence-corrected chi connectivity index (χ2v) is 3.74. The molecule has 0 aliphatic heterocycles. The summed E-state index contributed by atoms with van der Waals surface area (Å²) >= 11 is 7.36. The van der Waals surface area contributed by atoms with Gasteiger partial charge in [0.1, 0.15) is 5.82 Å². The van der Waals surface area contributed by atoms with Crippen molar-refractivity contribution >= 4 is 40.1 Å². The van der Waals surface area contributed by atoms with Gasteiger partial charge >= 0.3 is 0 Å². The monoisotopic (exact) mass is 299 g/mol. The summed E-state index contributed by atoms with van der Waals surface area (Å²) in [4.78, 5) is 10.7. The molecule has 2 N–H and O–H groups in total. The number of halogens is 3. The van der Waals surface area contributed by atoms with Crippen LogP contribution in [0.4, 0.5) is 4.39 Å². The van der Waals surface area contributed by atoms with E-state index >= 15 is 0 Å². The van der Waals surface area contributed by atoms with Gasteiger partial charge in [-0.05, 0) is 34.7 Å². The Labute approximate surface area is 87.0 Å². The van der Waals surface area contributed by atoms with Gasteiger partial charge in [-0.15, -0.1) is 0 Å². The minimum atomic E-state index is -0.725. The molecule has 0 fully saturated rings. The molecule has 2 nitrogen and oxygen atoms in total. The molecule has 1 aromatic rings. The fourth-order valence-electron chi connectivity index (χ4n) is 0.735.